The smallest absolute Gasteiger partial charge is 0.339 e. The maximum absolute atomic E-state index is 10.5. The van der Waals surface area contributed by atoms with Gasteiger partial charge in [-0.3, -0.25) is 8.93 Å². The first-order valence-corrected chi connectivity index (χ1v) is 4.51. The molecule has 76 valence electrons. The Balaban J connectivity index is 3.00. The van der Waals surface area contributed by atoms with Crippen LogP contribution in [0.5, 0.6) is 0 Å². The van der Waals surface area contributed by atoms with Gasteiger partial charge in [-0.25, -0.2) is 14.8 Å². The summed E-state index contributed by atoms with van der Waals surface area (Å²) in [7, 11) is 0. The highest BCUT2D eigenvalue weighted by Crippen LogP contribution is 2.06. The van der Waals surface area contributed by atoms with Gasteiger partial charge in [0.1, 0.15) is 0 Å². The molecule has 8 heteroatoms. The summed E-state index contributed by atoms with van der Waals surface area (Å²) in [6.07, 6.45) is 1.04. The van der Waals surface area contributed by atoms with E-state index in [0.29, 0.717) is 0 Å². The maximum Gasteiger partial charge on any atom is 0.339 e. The minimum Gasteiger partial charge on any atom is -0.755 e. The lowest BCUT2D eigenvalue weighted by molar-refractivity contribution is 0.0695. The zero-order chi connectivity index (χ0) is 10.7. The number of nitrogens with zero attached hydrogens (tertiary/aromatic N) is 2. The molecule has 7 nitrogen and oxygen atoms in total. The van der Waals surface area contributed by atoms with Crippen LogP contribution in [0.3, 0.4) is 0 Å². The second-order valence-corrected chi connectivity index (χ2v) is 3.01. The first kappa shape index (κ1) is 10.5. The molecule has 0 spiro atoms. The Kier molecular flexibility index (Phi) is 3.10. The van der Waals surface area contributed by atoms with E-state index in [2.05, 4.69) is 9.97 Å². The van der Waals surface area contributed by atoms with Gasteiger partial charge in [0, 0.05) is 17.5 Å². The Morgan fingerprint density at radius 3 is 2.79 bits per heavy atom. The molecule has 0 saturated carbocycles. The van der Waals surface area contributed by atoms with E-state index in [1.165, 1.54) is 6.92 Å². The summed E-state index contributed by atoms with van der Waals surface area (Å²) in [5.74, 6) is -1.31. The minimum atomic E-state index is -2.51. The number of carbonyl (C=O) groups is 1. The summed E-state index contributed by atoms with van der Waals surface area (Å²) < 4.78 is 22.3. The Bertz CT molecular complexity index is 395. The van der Waals surface area contributed by atoms with Gasteiger partial charge in [-0.15, -0.1) is 0 Å². The normalized spacial score (nSPS) is 12.1. The third kappa shape index (κ3) is 2.47. The fourth-order valence-corrected chi connectivity index (χ4v) is 1.05. The zero-order valence-corrected chi connectivity index (χ0v) is 7.87. The van der Waals surface area contributed by atoms with Gasteiger partial charge in [-0.05, 0) is 6.92 Å². The molecule has 0 aliphatic carbocycles. The molecule has 0 radical (unpaired) electrons. The highest BCUT2D eigenvalue weighted by atomic mass is 32.2. The van der Waals surface area contributed by atoms with Crippen LogP contribution in [0.2, 0.25) is 0 Å². The van der Waals surface area contributed by atoms with Crippen molar-refractivity contribution in [1.82, 2.24) is 9.97 Å². The van der Waals surface area contributed by atoms with Gasteiger partial charge in [0.2, 0.25) is 5.95 Å². The summed E-state index contributed by atoms with van der Waals surface area (Å²) >= 11 is -2.51. The van der Waals surface area contributed by atoms with E-state index in [1.54, 1.807) is 0 Å². The van der Waals surface area contributed by atoms with Crippen molar-refractivity contribution in [3.8, 4) is 0 Å². The van der Waals surface area contributed by atoms with Crippen LogP contribution >= 0.6 is 0 Å². The van der Waals surface area contributed by atoms with E-state index in [-0.39, 0.29) is 17.2 Å². The summed E-state index contributed by atoms with van der Waals surface area (Å²) in [5.41, 5.74) is 0.132. The van der Waals surface area contributed by atoms with Crippen LogP contribution in [0.15, 0.2) is 6.20 Å². The molecule has 0 saturated heterocycles. The number of hydrogen-bond acceptors (Lipinski definition) is 5. The van der Waals surface area contributed by atoms with Crippen LogP contribution in [0.1, 0.15) is 16.1 Å². The van der Waals surface area contributed by atoms with E-state index in [1.807, 2.05) is 4.72 Å². The summed E-state index contributed by atoms with van der Waals surface area (Å²) in [4.78, 5) is 17.7. The number of carboxylic acid groups (broad SMARTS) is 1. The van der Waals surface area contributed by atoms with E-state index in [9.17, 15) is 13.6 Å². The predicted molar refractivity (Wildman–Crippen MR) is 46.3 cm³/mol. The molecule has 1 aromatic rings. The Morgan fingerprint density at radius 1 is 1.71 bits per heavy atom. The largest absolute Gasteiger partial charge is 0.755 e. The molecule has 1 rings (SSSR count). The van der Waals surface area contributed by atoms with Crippen molar-refractivity contribution >= 4 is 23.2 Å². The van der Waals surface area contributed by atoms with Gasteiger partial charge in [0.05, 0.1) is 11.3 Å². The Morgan fingerprint density at radius 2 is 2.36 bits per heavy atom. The van der Waals surface area contributed by atoms with Crippen LogP contribution in [0.25, 0.3) is 0 Å². The van der Waals surface area contributed by atoms with Gasteiger partial charge in [0.25, 0.3) is 0 Å². The number of aromatic nitrogens is 2. The van der Waals surface area contributed by atoms with Crippen LogP contribution < -0.4 is 4.72 Å². The monoisotopic (exact) mass is 216 g/mol. The molecule has 2 N–H and O–H groups in total. The number of aryl methyl sites for hydroxylation is 1. The molecule has 0 aromatic carbocycles. The van der Waals surface area contributed by atoms with Crippen molar-refractivity contribution in [2.75, 3.05) is 4.72 Å². The Labute approximate surface area is 81.6 Å². The van der Waals surface area contributed by atoms with Crippen LogP contribution in [0.4, 0.5) is 5.95 Å². The number of anilines is 1. The van der Waals surface area contributed by atoms with E-state index in [4.69, 9.17) is 5.11 Å². The van der Waals surface area contributed by atoms with Gasteiger partial charge in [0.15, 0.2) is 0 Å². The molecule has 14 heavy (non-hydrogen) atoms. The molecule has 0 aliphatic heterocycles. The first-order chi connectivity index (χ1) is 6.50. The predicted octanol–water partition coefficient (Wildman–Crippen LogP) is -0.311. The van der Waals surface area contributed by atoms with E-state index < -0.39 is 17.2 Å². The molecular formula is C6H6N3O4S-. The second-order valence-electron chi connectivity index (χ2n) is 2.33. The van der Waals surface area contributed by atoms with Gasteiger partial charge in [-0.1, -0.05) is 0 Å². The standard InChI is InChI=1S/C6H7N3O4S/c1-3-4(5(10)11)2-7-6(8-3)9-14(12)13/h2H,1H3,(H,10,11)(H,12,13)(H,7,8,9)/p-1. The molecule has 0 amide bonds. The molecule has 1 atom stereocenters. The fraction of sp³-hybridized carbons (Fsp3) is 0.167. The number of aromatic carboxylic acids is 1. The van der Waals surface area contributed by atoms with Crippen LogP contribution in [0, 0.1) is 6.92 Å². The zero-order valence-electron chi connectivity index (χ0n) is 7.05. The van der Waals surface area contributed by atoms with Gasteiger partial charge in [-0.2, -0.15) is 0 Å². The van der Waals surface area contributed by atoms with Crippen molar-refractivity contribution in [2.24, 2.45) is 0 Å². The van der Waals surface area contributed by atoms with Crippen LogP contribution in [-0.2, 0) is 11.3 Å². The number of hydrogen-bond donors (Lipinski definition) is 2. The average molecular weight is 216 g/mol. The van der Waals surface area contributed by atoms with Gasteiger partial charge >= 0.3 is 5.97 Å². The molecule has 0 fully saturated rings. The lowest BCUT2D eigenvalue weighted by Crippen LogP contribution is -2.09. The lowest BCUT2D eigenvalue weighted by Gasteiger charge is -2.07. The summed E-state index contributed by atoms with van der Waals surface area (Å²) in [5, 5.41) is 8.62. The summed E-state index contributed by atoms with van der Waals surface area (Å²) in [6, 6.07) is 0. The number of nitrogens with one attached hydrogen (secondary N) is 1. The fourth-order valence-electron chi connectivity index (χ4n) is 0.801. The maximum atomic E-state index is 10.5. The molecule has 1 unspecified atom stereocenters. The van der Waals surface area contributed by atoms with E-state index in [0.717, 1.165) is 6.20 Å². The third-order valence-electron chi connectivity index (χ3n) is 1.38. The third-order valence-corrected chi connectivity index (χ3v) is 1.73. The lowest BCUT2D eigenvalue weighted by atomic mass is 10.2. The second kappa shape index (κ2) is 4.11. The van der Waals surface area contributed by atoms with Crippen molar-refractivity contribution in [3.05, 3.63) is 17.5 Å². The highest BCUT2D eigenvalue weighted by Gasteiger charge is 2.09. The molecule has 0 bridgehead atoms. The summed E-state index contributed by atoms with van der Waals surface area (Å²) in [6.45, 7) is 1.45. The van der Waals surface area contributed by atoms with Crippen molar-refractivity contribution in [2.45, 2.75) is 6.92 Å². The number of rotatable bonds is 3. The SMILES string of the molecule is Cc1nc(NS(=O)[O-])ncc1C(=O)O. The van der Waals surface area contributed by atoms with Gasteiger partial charge < -0.3 is 9.66 Å². The van der Waals surface area contributed by atoms with Crippen molar-refractivity contribution < 1.29 is 18.7 Å². The van der Waals surface area contributed by atoms with Crippen molar-refractivity contribution in [1.29, 1.82) is 0 Å². The molecular weight excluding hydrogens is 210 g/mol. The molecule has 1 heterocycles. The van der Waals surface area contributed by atoms with Crippen molar-refractivity contribution in [3.63, 3.8) is 0 Å². The first-order valence-electron chi connectivity index (χ1n) is 3.43. The van der Waals surface area contributed by atoms with E-state index >= 15 is 0 Å². The molecule has 0 aliphatic rings. The highest BCUT2D eigenvalue weighted by molar-refractivity contribution is 7.80. The Hall–Kier alpha value is -1.54. The molecule has 1 aromatic heterocycles. The number of carboxylic acids is 1. The average Bonchev–Trinajstić information content (AvgIpc) is 2.01. The minimum absolute atomic E-state index is 0.0627. The quantitative estimate of drug-likeness (QED) is 0.669. The van der Waals surface area contributed by atoms with Crippen LogP contribution in [-0.4, -0.2) is 29.8 Å². The topological polar surface area (TPSA) is 115 Å².